The first-order valence-electron chi connectivity index (χ1n) is 8.69. The van der Waals surface area contributed by atoms with Crippen LogP contribution in [0.15, 0.2) is 53.4 Å². The fourth-order valence-corrected chi connectivity index (χ4v) is 6.02. The van der Waals surface area contributed by atoms with Crippen molar-refractivity contribution in [1.29, 1.82) is 0 Å². The molecule has 1 aliphatic rings. The minimum absolute atomic E-state index is 0.153. The third kappa shape index (κ3) is 2.66. The molecule has 0 saturated heterocycles. The number of fused-ring (bicyclic) bond motifs is 3. The minimum atomic E-state index is -3.76. The molecule has 2 aromatic carbocycles. The van der Waals surface area contributed by atoms with Crippen LogP contribution in [0.1, 0.15) is 17.7 Å². The average molecular weight is 389 g/mol. The summed E-state index contributed by atoms with van der Waals surface area (Å²) in [5.74, 6) is 0. The molecule has 0 amide bonds. The average Bonchev–Trinajstić information content (AvgIpc) is 2.96. The summed E-state index contributed by atoms with van der Waals surface area (Å²) in [6.45, 7) is 0. The van der Waals surface area contributed by atoms with E-state index >= 15 is 0 Å². The van der Waals surface area contributed by atoms with Crippen LogP contribution in [0.2, 0.25) is 5.02 Å². The standard InChI is InChI=1S/C20H21ClN2O2S/c1-22(2)14-11-12-19-16(13-14)15-7-3-5-9-18(15)23(19)26(24,25)20-10-6-4-8-17(20)21/h3-10,14H,11-13H2,1-2H3. The van der Waals surface area contributed by atoms with Crippen LogP contribution in [0.4, 0.5) is 0 Å². The Morgan fingerprint density at radius 3 is 2.50 bits per heavy atom. The van der Waals surface area contributed by atoms with Crippen molar-refractivity contribution < 1.29 is 8.42 Å². The minimum Gasteiger partial charge on any atom is -0.306 e. The van der Waals surface area contributed by atoms with E-state index in [0.717, 1.165) is 41.4 Å². The highest BCUT2D eigenvalue weighted by molar-refractivity contribution is 7.90. The zero-order valence-corrected chi connectivity index (χ0v) is 16.4. The van der Waals surface area contributed by atoms with Crippen molar-refractivity contribution in [3.63, 3.8) is 0 Å². The molecule has 136 valence electrons. The summed E-state index contributed by atoms with van der Waals surface area (Å²) in [4.78, 5) is 2.37. The molecule has 4 rings (SSSR count). The maximum Gasteiger partial charge on any atom is 0.269 e. The number of hydrogen-bond acceptors (Lipinski definition) is 3. The predicted molar refractivity (Wildman–Crippen MR) is 105 cm³/mol. The van der Waals surface area contributed by atoms with Gasteiger partial charge in [0.2, 0.25) is 0 Å². The molecule has 0 saturated carbocycles. The molecule has 0 radical (unpaired) electrons. The summed E-state index contributed by atoms with van der Waals surface area (Å²) in [6.07, 6.45) is 2.53. The maximum absolute atomic E-state index is 13.5. The lowest BCUT2D eigenvalue weighted by molar-refractivity contribution is 0.267. The van der Waals surface area contributed by atoms with Crippen LogP contribution in [-0.2, 0) is 22.9 Å². The van der Waals surface area contributed by atoms with E-state index in [2.05, 4.69) is 19.0 Å². The smallest absolute Gasteiger partial charge is 0.269 e. The van der Waals surface area contributed by atoms with Crippen LogP contribution in [0.25, 0.3) is 10.9 Å². The Kier molecular flexibility index (Phi) is 4.34. The van der Waals surface area contributed by atoms with E-state index in [-0.39, 0.29) is 9.92 Å². The molecule has 1 aliphatic carbocycles. The summed E-state index contributed by atoms with van der Waals surface area (Å²) < 4.78 is 28.5. The molecule has 3 aromatic rings. The largest absolute Gasteiger partial charge is 0.306 e. The number of aromatic nitrogens is 1. The van der Waals surface area contributed by atoms with E-state index in [0.29, 0.717) is 6.04 Å². The summed E-state index contributed by atoms with van der Waals surface area (Å²) in [7, 11) is 0.396. The third-order valence-electron chi connectivity index (χ3n) is 5.28. The zero-order chi connectivity index (χ0) is 18.5. The number of nitrogens with zero attached hydrogens (tertiary/aromatic N) is 2. The Morgan fingerprint density at radius 1 is 1.08 bits per heavy atom. The van der Waals surface area contributed by atoms with E-state index < -0.39 is 10.0 Å². The molecule has 0 N–H and O–H groups in total. The predicted octanol–water partition coefficient (Wildman–Crippen LogP) is 3.95. The van der Waals surface area contributed by atoms with Gasteiger partial charge >= 0.3 is 0 Å². The van der Waals surface area contributed by atoms with Gasteiger partial charge in [-0.3, -0.25) is 0 Å². The molecule has 0 fully saturated rings. The second kappa shape index (κ2) is 6.41. The second-order valence-corrected chi connectivity index (χ2v) is 9.16. The fourth-order valence-electron chi connectivity index (χ4n) is 3.92. The molecular weight excluding hydrogens is 368 g/mol. The Balaban J connectivity index is 1.99. The molecular formula is C20H21ClN2O2S. The molecule has 26 heavy (non-hydrogen) atoms. The van der Waals surface area contributed by atoms with Crippen LogP contribution in [0, 0.1) is 0 Å². The summed E-state index contributed by atoms with van der Waals surface area (Å²) in [6, 6.07) is 14.8. The summed E-state index contributed by atoms with van der Waals surface area (Å²) in [5, 5.41) is 1.27. The summed E-state index contributed by atoms with van der Waals surface area (Å²) in [5.41, 5.74) is 2.77. The van der Waals surface area contributed by atoms with E-state index in [1.165, 1.54) is 3.97 Å². The maximum atomic E-state index is 13.5. The number of rotatable bonds is 3. The zero-order valence-electron chi connectivity index (χ0n) is 14.8. The Bertz CT molecular complexity index is 1090. The molecule has 0 spiro atoms. The lowest BCUT2D eigenvalue weighted by Crippen LogP contribution is -2.34. The van der Waals surface area contributed by atoms with Gasteiger partial charge in [-0.05, 0) is 57.1 Å². The van der Waals surface area contributed by atoms with Crippen molar-refractivity contribution in [2.24, 2.45) is 0 Å². The van der Waals surface area contributed by atoms with Crippen LogP contribution >= 0.6 is 11.6 Å². The van der Waals surface area contributed by atoms with Gasteiger partial charge in [0.05, 0.1) is 10.5 Å². The van der Waals surface area contributed by atoms with Gasteiger partial charge in [-0.15, -0.1) is 0 Å². The monoisotopic (exact) mass is 388 g/mol. The van der Waals surface area contributed by atoms with Gasteiger partial charge in [0.15, 0.2) is 0 Å². The van der Waals surface area contributed by atoms with Crippen LogP contribution in [0.3, 0.4) is 0 Å². The van der Waals surface area contributed by atoms with Gasteiger partial charge in [-0.2, -0.15) is 0 Å². The van der Waals surface area contributed by atoms with E-state index in [9.17, 15) is 8.42 Å². The summed E-state index contributed by atoms with van der Waals surface area (Å²) >= 11 is 6.23. The van der Waals surface area contributed by atoms with E-state index in [4.69, 9.17) is 11.6 Å². The third-order valence-corrected chi connectivity index (χ3v) is 7.53. The highest BCUT2D eigenvalue weighted by atomic mass is 35.5. The Labute approximate surface area is 159 Å². The van der Waals surface area contributed by atoms with E-state index in [1.54, 1.807) is 24.3 Å². The molecule has 6 heteroatoms. The van der Waals surface area contributed by atoms with Gasteiger partial charge in [0.1, 0.15) is 4.90 Å². The Hall–Kier alpha value is -1.82. The highest BCUT2D eigenvalue weighted by Gasteiger charge is 2.32. The van der Waals surface area contributed by atoms with Crippen molar-refractivity contribution in [2.75, 3.05) is 14.1 Å². The van der Waals surface area contributed by atoms with Gasteiger partial charge in [0.25, 0.3) is 10.0 Å². The lowest BCUT2D eigenvalue weighted by atomic mass is 9.91. The SMILES string of the molecule is CN(C)C1CCc2c(c3ccccc3n2S(=O)(=O)c2ccccc2Cl)C1. The van der Waals surface area contributed by atoms with Crippen molar-refractivity contribution in [3.8, 4) is 0 Å². The number of para-hydroxylation sites is 1. The van der Waals surface area contributed by atoms with Gasteiger partial charge in [0, 0.05) is 17.1 Å². The van der Waals surface area contributed by atoms with Crippen molar-refractivity contribution in [2.45, 2.75) is 30.2 Å². The first-order chi connectivity index (χ1) is 12.4. The first kappa shape index (κ1) is 17.6. The van der Waals surface area contributed by atoms with Crippen molar-refractivity contribution in [3.05, 3.63) is 64.8 Å². The molecule has 1 unspecified atom stereocenters. The van der Waals surface area contributed by atoms with Crippen LogP contribution < -0.4 is 0 Å². The second-order valence-electron chi connectivity index (χ2n) is 7.00. The first-order valence-corrected chi connectivity index (χ1v) is 10.5. The molecule has 1 aromatic heterocycles. The molecule has 0 aliphatic heterocycles. The quantitative estimate of drug-likeness (QED) is 0.682. The molecule has 4 nitrogen and oxygen atoms in total. The normalized spacial score (nSPS) is 17.6. The number of hydrogen-bond donors (Lipinski definition) is 0. The number of likely N-dealkylation sites (N-methyl/N-ethyl adjacent to an activating group) is 1. The van der Waals surface area contributed by atoms with Crippen LogP contribution in [-0.4, -0.2) is 37.4 Å². The molecule has 1 atom stereocenters. The lowest BCUT2D eigenvalue weighted by Gasteiger charge is -2.29. The van der Waals surface area contributed by atoms with Crippen molar-refractivity contribution in [1.82, 2.24) is 8.87 Å². The number of benzene rings is 2. The Morgan fingerprint density at radius 2 is 1.77 bits per heavy atom. The van der Waals surface area contributed by atoms with Crippen molar-refractivity contribution >= 4 is 32.5 Å². The van der Waals surface area contributed by atoms with Gasteiger partial charge in [-0.1, -0.05) is 41.9 Å². The van der Waals surface area contributed by atoms with Gasteiger partial charge in [-0.25, -0.2) is 12.4 Å². The van der Waals surface area contributed by atoms with E-state index in [1.807, 2.05) is 24.3 Å². The molecule has 0 bridgehead atoms. The highest BCUT2D eigenvalue weighted by Crippen LogP contribution is 2.36. The van der Waals surface area contributed by atoms with Gasteiger partial charge < -0.3 is 4.90 Å². The fraction of sp³-hybridized carbons (Fsp3) is 0.300. The topological polar surface area (TPSA) is 42.3 Å². The molecule has 1 heterocycles. The number of halogens is 1. The van der Waals surface area contributed by atoms with Crippen LogP contribution in [0.5, 0.6) is 0 Å².